The molecule has 0 saturated heterocycles. The van der Waals surface area contributed by atoms with Crippen LogP contribution in [0.3, 0.4) is 0 Å². The van der Waals surface area contributed by atoms with Gasteiger partial charge in [0.05, 0.1) is 0 Å². The summed E-state index contributed by atoms with van der Waals surface area (Å²) in [5, 5.41) is 0.326. The van der Waals surface area contributed by atoms with Crippen LogP contribution >= 0.6 is 12.6 Å². The Hall–Kier alpha value is 0.240. The highest BCUT2D eigenvalue weighted by atomic mass is 32.1. The number of hydrogen-bond acceptors (Lipinski definition) is 2. The lowest BCUT2D eigenvalue weighted by atomic mass is 9.94. The zero-order valence-corrected chi connectivity index (χ0v) is 6.15. The first-order chi connectivity index (χ1) is 4.20. The van der Waals surface area contributed by atoms with Crippen LogP contribution in [0.2, 0.25) is 0 Å². The minimum absolute atomic E-state index is 0.263. The van der Waals surface area contributed by atoms with Crippen LogP contribution in [0.4, 0.5) is 4.39 Å². The maximum absolute atomic E-state index is 12.6. The molecule has 2 N–H and O–H groups in total. The van der Waals surface area contributed by atoms with Crippen molar-refractivity contribution in [2.75, 3.05) is 0 Å². The quantitative estimate of drug-likeness (QED) is 0.496. The lowest BCUT2D eigenvalue weighted by Crippen LogP contribution is -2.38. The molecule has 9 heavy (non-hydrogen) atoms. The molecule has 3 heteroatoms. The number of alkyl halides is 1. The Balaban J connectivity index is 2.35. The predicted octanol–water partition coefficient (Wildman–Crippen LogP) is 1.13. The summed E-state index contributed by atoms with van der Waals surface area (Å²) in [5.74, 6) is 0. The smallest absolute Gasteiger partial charge is 0.115 e. The highest BCUT2D eigenvalue weighted by Gasteiger charge is 2.25. The number of thiol groups is 1. The van der Waals surface area contributed by atoms with Gasteiger partial charge in [-0.2, -0.15) is 12.6 Å². The van der Waals surface area contributed by atoms with Crippen molar-refractivity contribution in [1.82, 2.24) is 0 Å². The second-order valence-corrected chi connectivity index (χ2v) is 3.38. The molecule has 3 atom stereocenters. The van der Waals surface area contributed by atoms with Gasteiger partial charge in [0, 0.05) is 11.3 Å². The first-order valence-electron chi connectivity index (χ1n) is 3.28. The van der Waals surface area contributed by atoms with E-state index in [2.05, 4.69) is 12.6 Å². The van der Waals surface area contributed by atoms with E-state index < -0.39 is 6.17 Å². The first-order valence-corrected chi connectivity index (χ1v) is 3.79. The second kappa shape index (κ2) is 2.88. The van der Waals surface area contributed by atoms with Crippen molar-refractivity contribution >= 4 is 12.6 Å². The highest BCUT2D eigenvalue weighted by molar-refractivity contribution is 7.80. The Morgan fingerprint density at radius 1 is 1.44 bits per heavy atom. The lowest BCUT2D eigenvalue weighted by Gasteiger charge is -2.26. The van der Waals surface area contributed by atoms with Gasteiger partial charge in [-0.1, -0.05) is 0 Å². The number of hydrogen-bond donors (Lipinski definition) is 2. The molecule has 0 aromatic rings. The Bertz CT molecular complexity index is 99.1. The molecule has 1 nitrogen and oxygen atoms in total. The first kappa shape index (κ1) is 7.35. The van der Waals surface area contributed by atoms with Crippen molar-refractivity contribution < 1.29 is 4.39 Å². The van der Waals surface area contributed by atoms with Gasteiger partial charge in [-0.15, -0.1) is 0 Å². The molecule has 1 rings (SSSR count). The third-order valence-corrected chi connectivity index (χ3v) is 2.25. The normalized spacial score (nSPS) is 45.0. The third kappa shape index (κ3) is 1.83. The van der Waals surface area contributed by atoms with Gasteiger partial charge in [0.15, 0.2) is 0 Å². The molecular weight excluding hydrogens is 137 g/mol. The minimum atomic E-state index is -0.784. The average Bonchev–Trinajstić information content (AvgIpc) is 1.80. The second-order valence-electron chi connectivity index (χ2n) is 2.65. The van der Waals surface area contributed by atoms with Crippen molar-refractivity contribution in [2.24, 2.45) is 5.73 Å². The van der Waals surface area contributed by atoms with Crippen LogP contribution in [-0.4, -0.2) is 17.5 Å². The van der Waals surface area contributed by atoms with Crippen molar-refractivity contribution in [3.63, 3.8) is 0 Å². The van der Waals surface area contributed by atoms with Crippen molar-refractivity contribution in [2.45, 2.75) is 36.7 Å². The van der Waals surface area contributed by atoms with E-state index in [1.165, 1.54) is 0 Å². The molecule has 0 aromatic heterocycles. The zero-order chi connectivity index (χ0) is 6.85. The molecule has 0 aromatic carbocycles. The van der Waals surface area contributed by atoms with E-state index in [9.17, 15) is 4.39 Å². The van der Waals surface area contributed by atoms with E-state index >= 15 is 0 Å². The van der Waals surface area contributed by atoms with Crippen LogP contribution in [0, 0.1) is 0 Å². The fraction of sp³-hybridized carbons (Fsp3) is 1.00. The number of nitrogens with two attached hydrogens (primary N) is 1. The minimum Gasteiger partial charge on any atom is -0.325 e. The van der Waals surface area contributed by atoms with E-state index in [4.69, 9.17) is 5.73 Å². The summed E-state index contributed by atoms with van der Waals surface area (Å²) >= 11 is 4.21. The number of rotatable bonds is 0. The summed E-state index contributed by atoms with van der Waals surface area (Å²) in [4.78, 5) is 0. The molecule has 0 radical (unpaired) electrons. The molecule has 1 fully saturated rings. The topological polar surface area (TPSA) is 26.0 Å². The maximum Gasteiger partial charge on any atom is 0.115 e. The van der Waals surface area contributed by atoms with Gasteiger partial charge in [-0.05, 0) is 19.3 Å². The van der Waals surface area contributed by atoms with Crippen LogP contribution in [0.1, 0.15) is 19.3 Å². The fourth-order valence-electron chi connectivity index (χ4n) is 1.15. The molecule has 1 saturated carbocycles. The molecule has 1 aliphatic carbocycles. The van der Waals surface area contributed by atoms with Gasteiger partial charge in [-0.25, -0.2) is 4.39 Å². The molecule has 0 amide bonds. The third-order valence-electron chi connectivity index (χ3n) is 1.78. The van der Waals surface area contributed by atoms with Gasteiger partial charge in [-0.3, -0.25) is 0 Å². The van der Waals surface area contributed by atoms with Crippen LogP contribution in [0.15, 0.2) is 0 Å². The summed E-state index contributed by atoms with van der Waals surface area (Å²) < 4.78 is 12.6. The Labute approximate surface area is 60.2 Å². The van der Waals surface area contributed by atoms with E-state index in [0.717, 1.165) is 12.8 Å². The number of halogens is 1. The molecule has 0 aliphatic heterocycles. The molecule has 0 bridgehead atoms. The van der Waals surface area contributed by atoms with E-state index in [-0.39, 0.29) is 6.04 Å². The van der Waals surface area contributed by atoms with Crippen molar-refractivity contribution in [3.8, 4) is 0 Å². The predicted molar refractivity (Wildman–Crippen MR) is 39.5 cm³/mol. The highest BCUT2D eigenvalue weighted by Crippen LogP contribution is 2.23. The van der Waals surface area contributed by atoms with Gasteiger partial charge in [0.25, 0.3) is 0 Å². The molecule has 0 heterocycles. The Morgan fingerprint density at radius 2 is 2.11 bits per heavy atom. The van der Waals surface area contributed by atoms with Gasteiger partial charge >= 0.3 is 0 Å². The molecule has 0 spiro atoms. The van der Waals surface area contributed by atoms with Gasteiger partial charge in [0.2, 0.25) is 0 Å². The summed E-state index contributed by atoms with van der Waals surface area (Å²) in [6.45, 7) is 0. The van der Waals surface area contributed by atoms with Crippen LogP contribution < -0.4 is 5.73 Å². The van der Waals surface area contributed by atoms with Crippen molar-refractivity contribution in [3.05, 3.63) is 0 Å². The van der Waals surface area contributed by atoms with E-state index in [1.807, 2.05) is 0 Å². The lowest BCUT2D eigenvalue weighted by molar-refractivity contribution is 0.222. The molecule has 54 valence electrons. The van der Waals surface area contributed by atoms with Gasteiger partial charge in [0.1, 0.15) is 6.17 Å². The molecular formula is C6H12FNS. The van der Waals surface area contributed by atoms with Crippen LogP contribution in [0.5, 0.6) is 0 Å². The average molecular weight is 149 g/mol. The van der Waals surface area contributed by atoms with Crippen molar-refractivity contribution in [1.29, 1.82) is 0 Å². The van der Waals surface area contributed by atoms with E-state index in [0.29, 0.717) is 11.7 Å². The van der Waals surface area contributed by atoms with Gasteiger partial charge < -0.3 is 5.73 Å². The standard InChI is InChI=1S/C6H12FNS/c7-5-2-1-4(9)3-6(5)8/h4-6,9H,1-3,8H2. The Morgan fingerprint density at radius 3 is 2.56 bits per heavy atom. The molecule has 3 unspecified atom stereocenters. The largest absolute Gasteiger partial charge is 0.325 e. The maximum atomic E-state index is 12.6. The monoisotopic (exact) mass is 149 g/mol. The Kier molecular flexibility index (Phi) is 2.35. The fourth-order valence-corrected chi connectivity index (χ4v) is 1.54. The summed E-state index contributed by atoms with van der Waals surface area (Å²) in [5.41, 5.74) is 5.44. The van der Waals surface area contributed by atoms with E-state index in [1.54, 1.807) is 0 Å². The SMILES string of the molecule is NC1CC(S)CCC1F. The summed E-state index contributed by atoms with van der Waals surface area (Å²) in [7, 11) is 0. The summed E-state index contributed by atoms with van der Waals surface area (Å²) in [6, 6.07) is -0.263. The summed E-state index contributed by atoms with van der Waals surface area (Å²) in [6.07, 6.45) is 1.41. The van der Waals surface area contributed by atoms with Crippen LogP contribution in [-0.2, 0) is 0 Å². The zero-order valence-electron chi connectivity index (χ0n) is 5.26. The molecule has 1 aliphatic rings. The van der Waals surface area contributed by atoms with Crippen LogP contribution in [0.25, 0.3) is 0 Å².